The Hall–Kier alpha value is -2.80. The average molecular weight is 340 g/mol. The van der Waals surface area contributed by atoms with Gasteiger partial charge in [-0.2, -0.15) is 4.98 Å². The van der Waals surface area contributed by atoms with Crippen LogP contribution in [-0.4, -0.2) is 39.4 Å². The Kier molecular flexibility index (Phi) is 4.15. The van der Waals surface area contributed by atoms with Crippen molar-refractivity contribution in [3.63, 3.8) is 0 Å². The quantitative estimate of drug-likeness (QED) is 0.787. The number of aliphatic hydroxyl groups is 1. The molecule has 1 aliphatic heterocycles. The average Bonchev–Trinajstić information content (AvgIpc) is 3.32. The van der Waals surface area contributed by atoms with E-state index in [1.165, 1.54) is 6.07 Å². The normalized spacial score (nSPS) is 17.2. The van der Waals surface area contributed by atoms with Gasteiger partial charge in [0.15, 0.2) is 0 Å². The van der Waals surface area contributed by atoms with Crippen LogP contribution in [0.3, 0.4) is 0 Å². The molecule has 0 radical (unpaired) electrons. The second-order valence-electron chi connectivity index (χ2n) is 5.98. The zero-order valence-corrected chi connectivity index (χ0v) is 13.5. The lowest BCUT2D eigenvalue weighted by atomic mass is 10.2. The van der Waals surface area contributed by atoms with E-state index in [0.29, 0.717) is 11.1 Å². The number of rotatable bonds is 4. The van der Waals surface area contributed by atoms with Gasteiger partial charge in [0.1, 0.15) is 11.6 Å². The Morgan fingerprint density at radius 1 is 1.24 bits per heavy atom. The molecule has 25 heavy (non-hydrogen) atoms. The van der Waals surface area contributed by atoms with Gasteiger partial charge in [0.2, 0.25) is 5.82 Å². The van der Waals surface area contributed by atoms with Gasteiger partial charge in [-0.25, -0.2) is 9.37 Å². The van der Waals surface area contributed by atoms with Gasteiger partial charge in [-0.15, -0.1) is 0 Å². The largest absolute Gasteiger partial charge is 0.394 e. The van der Waals surface area contributed by atoms with Crippen molar-refractivity contribution in [3.05, 3.63) is 48.4 Å². The van der Waals surface area contributed by atoms with Crippen LogP contribution in [-0.2, 0) is 0 Å². The van der Waals surface area contributed by atoms with Gasteiger partial charge >= 0.3 is 0 Å². The summed E-state index contributed by atoms with van der Waals surface area (Å²) in [5.74, 6) is 0.913. The van der Waals surface area contributed by atoms with E-state index in [1.807, 2.05) is 12.1 Å². The monoisotopic (exact) mass is 340 g/mol. The summed E-state index contributed by atoms with van der Waals surface area (Å²) >= 11 is 0. The molecule has 0 aliphatic carbocycles. The van der Waals surface area contributed by atoms with Crippen molar-refractivity contribution in [1.29, 1.82) is 0 Å². The van der Waals surface area contributed by atoms with Gasteiger partial charge in [0.05, 0.1) is 23.8 Å². The van der Waals surface area contributed by atoms with E-state index in [2.05, 4.69) is 20.0 Å². The minimum atomic E-state index is -0.396. The fourth-order valence-corrected chi connectivity index (χ4v) is 3.10. The van der Waals surface area contributed by atoms with Crippen LogP contribution in [0.1, 0.15) is 12.8 Å². The minimum absolute atomic E-state index is 0.120. The van der Waals surface area contributed by atoms with Crippen LogP contribution in [0.2, 0.25) is 0 Å². The molecule has 1 fully saturated rings. The Bertz CT molecular complexity index is 866. The molecule has 0 saturated carbocycles. The highest BCUT2D eigenvalue weighted by atomic mass is 19.1. The molecule has 4 rings (SSSR count). The molecular formula is C18H17FN4O2. The predicted molar refractivity (Wildman–Crippen MR) is 90.4 cm³/mol. The molecule has 1 aromatic carbocycles. The maximum Gasteiger partial charge on any atom is 0.259 e. The van der Waals surface area contributed by atoms with Gasteiger partial charge in [0, 0.05) is 12.7 Å². The van der Waals surface area contributed by atoms with Crippen molar-refractivity contribution < 1.29 is 14.0 Å². The van der Waals surface area contributed by atoms with Gasteiger partial charge in [-0.3, -0.25) is 0 Å². The van der Waals surface area contributed by atoms with E-state index in [0.717, 1.165) is 25.2 Å². The molecular weight excluding hydrogens is 323 g/mol. The molecule has 1 atom stereocenters. The molecule has 6 nitrogen and oxygen atoms in total. The van der Waals surface area contributed by atoms with E-state index >= 15 is 0 Å². The number of aromatic nitrogens is 3. The van der Waals surface area contributed by atoms with Crippen LogP contribution >= 0.6 is 0 Å². The lowest BCUT2D eigenvalue weighted by Gasteiger charge is -2.23. The smallest absolute Gasteiger partial charge is 0.259 e. The van der Waals surface area contributed by atoms with Gasteiger partial charge in [-0.05, 0) is 37.1 Å². The van der Waals surface area contributed by atoms with E-state index in [4.69, 9.17) is 4.52 Å². The van der Waals surface area contributed by atoms with Gasteiger partial charge in [-0.1, -0.05) is 17.3 Å². The third-order valence-corrected chi connectivity index (χ3v) is 4.42. The van der Waals surface area contributed by atoms with Crippen LogP contribution < -0.4 is 4.90 Å². The predicted octanol–water partition coefficient (Wildman–Crippen LogP) is 2.90. The second-order valence-corrected chi connectivity index (χ2v) is 5.98. The highest BCUT2D eigenvalue weighted by Gasteiger charge is 2.25. The van der Waals surface area contributed by atoms with Crippen molar-refractivity contribution in [3.8, 4) is 22.8 Å². The summed E-state index contributed by atoms with van der Waals surface area (Å²) in [6.45, 7) is 1.01. The molecule has 2 aromatic heterocycles. The molecule has 1 aliphatic rings. The number of anilines is 1. The standard InChI is InChI=1S/C18H17FN4O2/c19-15-6-2-1-5-14(15)17-21-18(25-22-17)12-7-8-16(20-10-12)23-9-3-4-13(23)11-24/h1-2,5-8,10,13,24H,3-4,9,11H2/t13-/m0/s1. The SMILES string of the molecule is OC[C@@H]1CCCN1c1ccc(-c2nc(-c3ccccc3F)no2)cn1. The number of pyridine rings is 1. The molecule has 1 saturated heterocycles. The van der Waals surface area contributed by atoms with Crippen LogP contribution in [0, 0.1) is 5.82 Å². The molecule has 1 N–H and O–H groups in total. The highest BCUT2D eigenvalue weighted by Crippen LogP contribution is 2.27. The molecule has 0 amide bonds. The second kappa shape index (κ2) is 6.60. The third kappa shape index (κ3) is 2.98. The third-order valence-electron chi connectivity index (χ3n) is 4.42. The number of aliphatic hydroxyl groups excluding tert-OH is 1. The summed E-state index contributed by atoms with van der Waals surface area (Å²) in [7, 11) is 0. The zero-order chi connectivity index (χ0) is 17.2. The summed E-state index contributed by atoms with van der Waals surface area (Å²) in [6.07, 6.45) is 3.67. The first-order valence-corrected chi connectivity index (χ1v) is 8.19. The van der Waals surface area contributed by atoms with E-state index in [9.17, 15) is 9.50 Å². The molecule has 7 heteroatoms. The molecule has 3 aromatic rings. The Labute approximate surface area is 143 Å². The van der Waals surface area contributed by atoms with Crippen LogP contribution in [0.5, 0.6) is 0 Å². The molecule has 0 bridgehead atoms. The number of benzene rings is 1. The fourth-order valence-electron chi connectivity index (χ4n) is 3.10. The summed E-state index contributed by atoms with van der Waals surface area (Å²) in [6, 6.07) is 10.1. The lowest BCUT2D eigenvalue weighted by molar-refractivity contribution is 0.266. The molecule has 0 unspecified atom stereocenters. The summed E-state index contributed by atoms with van der Waals surface area (Å²) in [5, 5.41) is 13.3. The maximum atomic E-state index is 13.8. The van der Waals surface area contributed by atoms with Crippen molar-refractivity contribution in [2.75, 3.05) is 18.1 Å². The van der Waals surface area contributed by atoms with Crippen molar-refractivity contribution >= 4 is 5.82 Å². The topological polar surface area (TPSA) is 75.3 Å². The first-order chi connectivity index (χ1) is 12.3. The molecule has 128 valence electrons. The fraction of sp³-hybridized carbons (Fsp3) is 0.278. The van der Waals surface area contributed by atoms with Gasteiger partial charge < -0.3 is 14.5 Å². The first kappa shape index (κ1) is 15.7. The van der Waals surface area contributed by atoms with Crippen LogP contribution in [0.4, 0.5) is 10.2 Å². The van der Waals surface area contributed by atoms with E-state index in [1.54, 1.807) is 24.4 Å². The van der Waals surface area contributed by atoms with Gasteiger partial charge in [0.25, 0.3) is 5.89 Å². The summed E-state index contributed by atoms with van der Waals surface area (Å²) in [4.78, 5) is 10.8. The van der Waals surface area contributed by atoms with Crippen LogP contribution in [0.25, 0.3) is 22.8 Å². The Morgan fingerprint density at radius 3 is 2.88 bits per heavy atom. The lowest BCUT2D eigenvalue weighted by Crippen LogP contribution is -2.32. The van der Waals surface area contributed by atoms with Crippen molar-refractivity contribution in [1.82, 2.24) is 15.1 Å². The van der Waals surface area contributed by atoms with Crippen molar-refractivity contribution in [2.45, 2.75) is 18.9 Å². The molecule has 3 heterocycles. The van der Waals surface area contributed by atoms with Crippen molar-refractivity contribution in [2.24, 2.45) is 0 Å². The minimum Gasteiger partial charge on any atom is -0.394 e. The first-order valence-electron chi connectivity index (χ1n) is 8.19. The van der Waals surface area contributed by atoms with E-state index < -0.39 is 5.82 Å². The number of hydrogen-bond donors (Lipinski definition) is 1. The summed E-state index contributed by atoms with van der Waals surface area (Å²) < 4.78 is 19.1. The zero-order valence-electron chi connectivity index (χ0n) is 13.5. The summed E-state index contributed by atoms with van der Waals surface area (Å²) in [5.41, 5.74) is 0.962. The number of nitrogens with zero attached hydrogens (tertiary/aromatic N) is 4. The number of hydrogen-bond acceptors (Lipinski definition) is 6. The number of halogens is 1. The van der Waals surface area contributed by atoms with Crippen LogP contribution in [0.15, 0.2) is 47.1 Å². The molecule has 0 spiro atoms. The highest BCUT2D eigenvalue weighted by molar-refractivity contribution is 5.60. The van der Waals surface area contributed by atoms with E-state index in [-0.39, 0.29) is 24.4 Å². The Morgan fingerprint density at radius 2 is 2.12 bits per heavy atom. The Balaban J connectivity index is 1.58. The maximum absolute atomic E-state index is 13.8.